The SMILES string of the molecule is CCOC(=O)c1sc(N2C(=O)C(=O)C(=C(O)c3ccc(C)c(F)c3)C2c2cccc(Oc3ccccc3)c2)nc1C. The molecule has 41 heavy (non-hydrogen) atoms. The van der Waals surface area contributed by atoms with Crippen molar-refractivity contribution in [3.8, 4) is 11.5 Å². The fraction of sp³-hybridized carbons (Fsp3) is 0.161. The molecule has 2 heterocycles. The second-order valence-electron chi connectivity index (χ2n) is 9.25. The lowest BCUT2D eigenvalue weighted by atomic mass is 9.95. The first kappa shape index (κ1) is 27.7. The molecule has 0 saturated carbocycles. The number of aromatic nitrogens is 1. The monoisotopic (exact) mass is 572 g/mol. The first-order valence-corrected chi connectivity index (χ1v) is 13.6. The van der Waals surface area contributed by atoms with E-state index >= 15 is 0 Å². The van der Waals surface area contributed by atoms with Crippen molar-refractivity contribution in [3.05, 3.63) is 111 Å². The number of rotatable bonds is 7. The highest BCUT2D eigenvalue weighted by molar-refractivity contribution is 7.17. The van der Waals surface area contributed by atoms with Crippen molar-refractivity contribution < 1.29 is 33.4 Å². The summed E-state index contributed by atoms with van der Waals surface area (Å²) in [7, 11) is 0. The second kappa shape index (κ2) is 11.3. The van der Waals surface area contributed by atoms with Crippen LogP contribution in [0.4, 0.5) is 9.52 Å². The van der Waals surface area contributed by atoms with E-state index in [0.29, 0.717) is 28.3 Å². The number of para-hydroxylation sites is 1. The van der Waals surface area contributed by atoms with Gasteiger partial charge in [0.15, 0.2) is 5.13 Å². The zero-order chi connectivity index (χ0) is 29.3. The Kier molecular flexibility index (Phi) is 7.67. The molecule has 0 aliphatic carbocycles. The number of hydrogen-bond donors (Lipinski definition) is 1. The van der Waals surface area contributed by atoms with Crippen molar-refractivity contribution in [1.82, 2.24) is 4.98 Å². The summed E-state index contributed by atoms with van der Waals surface area (Å²) in [6, 6.07) is 18.7. The number of carbonyl (C=O) groups excluding carboxylic acids is 3. The van der Waals surface area contributed by atoms with Crippen LogP contribution in [0, 0.1) is 19.7 Å². The van der Waals surface area contributed by atoms with E-state index in [-0.39, 0.29) is 27.8 Å². The highest BCUT2D eigenvalue weighted by Crippen LogP contribution is 2.44. The molecule has 1 saturated heterocycles. The summed E-state index contributed by atoms with van der Waals surface area (Å²) in [4.78, 5) is 45.3. The molecule has 0 radical (unpaired) electrons. The van der Waals surface area contributed by atoms with E-state index in [2.05, 4.69) is 4.98 Å². The van der Waals surface area contributed by atoms with Crippen molar-refractivity contribution in [2.75, 3.05) is 11.5 Å². The van der Waals surface area contributed by atoms with Gasteiger partial charge in [0.25, 0.3) is 5.78 Å². The summed E-state index contributed by atoms with van der Waals surface area (Å²) in [5.74, 6) is -2.66. The molecule has 3 aromatic carbocycles. The van der Waals surface area contributed by atoms with Gasteiger partial charge < -0.3 is 14.6 Å². The molecule has 4 aromatic rings. The van der Waals surface area contributed by atoms with Gasteiger partial charge in [-0.15, -0.1) is 0 Å². The highest BCUT2D eigenvalue weighted by atomic mass is 32.1. The van der Waals surface area contributed by atoms with Gasteiger partial charge in [0.05, 0.1) is 23.9 Å². The van der Waals surface area contributed by atoms with Crippen molar-refractivity contribution in [1.29, 1.82) is 0 Å². The van der Waals surface area contributed by atoms with Gasteiger partial charge >= 0.3 is 11.9 Å². The molecule has 1 aliphatic heterocycles. The number of aliphatic hydroxyl groups is 1. The van der Waals surface area contributed by atoms with Crippen LogP contribution < -0.4 is 9.64 Å². The minimum atomic E-state index is -1.15. The number of benzene rings is 3. The van der Waals surface area contributed by atoms with Crippen LogP contribution in [-0.2, 0) is 14.3 Å². The van der Waals surface area contributed by atoms with Crippen molar-refractivity contribution in [2.24, 2.45) is 0 Å². The zero-order valence-corrected chi connectivity index (χ0v) is 23.2. The smallest absolute Gasteiger partial charge is 0.350 e. The number of amides is 1. The van der Waals surface area contributed by atoms with Crippen LogP contribution in [0.2, 0.25) is 0 Å². The number of aryl methyl sites for hydroxylation is 2. The Morgan fingerprint density at radius 2 is 1.76 bits per heavy atom. The third kappa shape index (κ3) is 5.33. The average Bonchev–Trinajstić information content (AvgIpc) is 3.47. The Hall–Kier alpha value is -4.83. The molecule has 0 bridgehead atoms. The van der Waals surface area contributed by atoms with Gasteiger partial charge in [0, 0.05) is 5.56 Å². The van der Waals surface area contributed by atoms with Crippen LogP contribution in [0.1, 0.15) is 45.0 Å². The second-order valence-corrected chi connectivity index (χ2v) is 10.2. The summed E-state index contributed by atoms with van der Waals surface area (Å²) in [6.07, 6.45) is 0. The van der Waals surface area contributed by atoms with Crippen LogP contribution >= 0.6 is 11.3 Å². The minimum absolute atomic E-state index is 0.0373. The van der Waals surface area contributed by atoms with Gasteiger partial charge in [0.1, 0.15) is 28.0 Å². The number of aliphatic hydroxyl groups excluding tert-OH is 1. The zero-order valence-electron chi connectivity index (χ0n) is 22.4. The van der Waals surface area contributed by atoms with E-state index in [1.165, 1.54) is 12.1 Å². The van der Waals surface area contributed by atoms with Crippen LogP contribution in [0.25, 0.3) is 5.76 Å². The Morgan fingerprint density at radius 3 is 2.46 bits per heavy atom. The number of Topliss-reactive ketones (excluding diaryl/α,β-unsaturated/α-hetero) is 1. The molecule has 1 unspecified atom stereocenters. The predicted molar refractivity (Wildman–Crippen MR) is 152 cm³/mol. The molecular weight excluding hydrogens is 547 g/mol. The van der Waals surface area contributed by atoms with Crippen molar-refractivity contribution in [3.63, 3.8) is 0 Å². The van der Waals surface area contributed by atoms with E-state index < -0.39 is 35.3 Å². The first-order chi connectivity index (χ1) is 19.7. The Bertz CT molecular complexity index is 1700. The molecule has 1 aliphatic rings. The lowest BCUT2D eigenvalue weighted by molar-refractivity contribution is -0.132. The van der Waals surface area contributed by atoms with Gasteiger partial charge in [-0.05, 0) is 62.2 Å². The molecule has 1 fully saturated rings. The molecule has 1 aromatic heterocycles. The van der Waals surface area contributed by atoms with E-state index in [9.17, 15) is 23.9 Å². The fourth-order valence-corrected chi connectivity index (χ4v) is 5.47. The van der Waals surface area contributed by atoms with Crippen LogP contribution in [0.15, 0.2) is 78.4 Å². The topological polar surface area (TPSA) is 106 Å². The number of hydrogen-bond acceptors (Lipinski definition) is 8. The van der Waals surface area contributed by atoms with Gasteiger partial charge in [-0.25, -0.2) is 14.2 Å². The Morgan fingerprint density at radius 1 is 1.02 bits per heavy atom. The first-order valence-electron chi connectivity index (χ1n) is 12.7. The average molecular weight is 573 g/mol. The molecule has 5 rings (SSSR count). The lowest BCUT2D eigenvalue weighted by Gasteiger charge is -2.23. The molecule has 1 atom stereocenters. The van der Waals surface area contributed by atoms with E-state index in [1.807, 2.05) is 18.2 Å². The van der Waals surface area contributed by atoms with E-state index in [4.69, 9.17) is 9.47 Å². The number of thiazole rings is 1. The third-order valence-electron chi connectivity index (χ3n) is 6.49. The maximum absolute atomic E-state index is 14.4. The molecule has 1 amide bonds. The Labute approximate surface area is 239 Å². The number of nitrogens with zero attached hydrogens (tertiary/aromatic N) is 2. The maximum atomic E-state index is 14.4. The summed E-state index contributed by atoms with van der Waals surface area (Å²) in [5.41, 5.74) is 0.896. The molecule has 10 heteroatoms. The summed E-state index contributed by atoms with van der Waals surface area (Å²) < 4.78 is 25.5. The number of ketones is 1. The normalized spacial score (nSPS) is 16.2. The molecule has 8 nitrogen and oxygen atoms in total. The van der Waals surface area contributed by atoms with Gasteiger partial charge in [0.2, 0.25) is 0 Å². The van der Waals surface area contributed by atoms with Gasteiger partial charge in [-0.2, -0.15) is 0 Å². The number of carbonyl (C=O) groups is 3. The molecule has 208 valence electrons. The summed E-state index contributed by atoms with van der Waals surface area (Å²) in [5, 5.41) is 11.4. The van der Waals surface area contributed by atoms with Crippen LogP contribution in [-0.4, -0.2) is 34.4 Å². The molecule has 1 N–H and O–H groups in total. The number of anilines is 1. The Balaban J connectivity index is 1.67. The number of halogens is 1. The van der Waals surface area contributed by atoms with E-state index in [1.54, 1.807) is 57.2 Å². The number of ether oxygens (including phenoxy) is 2. The number of esters is 1. The van der Waals surface area contributed by atoms with E-state index in [0.717, 1.165) is 22.3 Å². The quantitative estimate of drug-likeness (QED) is 0.117. The summed E-state index contributed by atoms with van der Waals surface area (Å²) >= 11 is 0.902. The third-order valence-corrected chi connectivity index (χ3v) is 7.63. The minimum Gasteiger partial charge on any atom is -0.507 e. The molecular formula is C31H25FN2O6S. The largest absolute Gasteiger partial charge is 0.507 e. The van der Waals surface area contributed by atoms with Gasteiger partial charge in [-0.3, -0.25) is 14.5 Å². The maximum Gasteiger partial charge on any atom is 0.350 e. The van der Waals surface area contributed by atoms with Gasteiger partial charge in [-0.1, -0.05) is 53.8 Å². The fourth-order valence-electron chi connectivity index (χ4n) is 4.48. The predicted octanol–water partition coefficient (Wildman–Crippen LogP) is 6.49. The summed E-state index contributed by atoms with van der Waals surface area (Å²) in [6.45, 7) is 4.99. The molecule has 0 spiro atoms. The standard InChI is InChI=1S/C31H25FN2O6S/c1-4-39-30(38)28-18(3)33-31(41-28)34-25(19-9-8-12-22(15-19)40-21-10-6-5-7-11-21)24(27(36)29(34)37)26(35)20-14-13-17(2)23(32)16-20/h5-16,25,35H,4H2,1-3H3. The van der Waals surface area contributed by atoms with Crippen molar-refractivity contribution >= 4 is 39.9 Å². The van der Waals surface area contributed by atoms with Crippen LogP contribution in [0.5, 0.6) is 11.5 Å². The van der Waals surface area contributed by atoms with Crippen LogP contribution in [0.3, 0.4) is 0 Å². The van der Waals surface area contributed by atoms with Crippen molar-refractivity contribution in [2.45, 2.75) is 26.8 Å². The highest BCUT2D eigenvalue weighted by Gasteiger charge is 2.48. The lowest BCUT2D eigenvalue weighted by Crippen LogP contribution is -2.29.